The van der Waals surface area contributed by atoms with Crippen molar-refractivity contribution in [2.45, 2.75) is 58.1 Å². The summed E-state index contributed by atoms with van der Waals surface area (Å²) in [4.78, 5) is 15.2. The fraction of sp³-hybridized carbons (Fsp3) is 0.545. The highest BCUT2D eigenvalue weighted by Crippen LogP contribution is 2.31. The van der Waals surface area contributed by atoms with Gasteiger partial charge in [-0.2, -0.15) is 9.82 Å². The third-order valence-electron chi connectivity index (χ3n) is 6.70. The second-order valence-corrected chi connectivity index (χ2v) is 10.5. The van der Waals surface area contributed by atoms with Gasteiger partial charge in [0.05, 0.1) is 30.0 Å². The lowest BCUT2D eigenvalue weighted by atomic mass is 9.93. The molecule has 3 heterocycles. The molecule has 2 aliphatic rings. The lowest BCUT2D eigenvalue weighted by Crippen LogP contribution is -2.52. The molecule has 1 saturated heterocycles. The molecule has 0 radical (unpaired) electrons. The Morgan fingerprint density at radius 3 is 2.52 bits per heavy atom. The van der Waals surface area contributed by atoms with Gasteiger partial charge in [-0.25, -0.2) is 8.42 Å². The Balaban J connectivity index is 1.36. The Morgan fingerprint density at radius 1 is 1.19 bits per heavy atom. The standard InChI is InChI=1S/C22H31N5O3S/c1-14(13-27-17(4)15(2)16(3)24-27)22(28)26-11-9-18(10-12-26)21-23-19-7-5-6-8-20(19)31(29,30)25-21/h5-8,14,18,21,23,25H,9-13H2,1-4H3. The molecule has 1 aromatic heterocycles. The van der Waals surface area contributed by atoms with Crippen LogP contribution in [0, 0.1) is 32.6 Å². The van der Waals surface area contributed by atoms with Crippen molar-refractivity contribution in [3.8, 4) is 0 Å². The number of fused-ring (bicyclic) bond motifs is 1. The van der Waals surface area contributed by atoms with E-state index >= 15 is 0 Å². The van der Waals surface area contributed by atoms with Gasteiger partial charge in [0.15, 0.2) is 0 Å². The van der Waals surface area contributed by atoms with Crippen LogP contribution in [-0.2, 0) is 21.4 Å². The zero-order chi connectivity index (χ0) is 22.3. The van der Waals surface area contributed by atoms with Crippen molar-refractivity contribution in [2.24, 2.45) is 11.8 Å². The Hall–Kier alpha value is -2.39. The highest BCUT2D eigenvalue weighted by atomic mass is 32.2. The van der Waals surface area contributed by atoms with Crippen molar-refractivity contribution in [1.82, 2.24) is 19.4 Å². The van der Waals surface area contributed by atoms with Crippen LogP contribution < -0.4 is 10.0 Å². The fourth-order valence-corrected chi connectivity index (χ4v) is 5.92. The number of aryl methyl sites for hydroxylation is 1. The Kier molecular flexibility index (Phi) is 5.83. The van der Waals surface area contributed by atoms with Crippen LogP contribution >= 0.6 is 0 Å². The number of rotatable bonds is 4. The van der Waals surface area contributed by atoms with E-state index in [1.54, 1.807) is 18.2 Å². The van der Waals surface area contributed by atoms with Crippen LogP contribution in [0.5, 0.6) is 0 Å². The molecule has 2 aliphatic heterocycles. The number of carbonyl (C=O) groups is 1. The molecule has 2 N–H and O–H groups in total. The largest absolute Gasteiger partial charge is 0.368 e. The lowest BCUT2D eigenvalue weighted by molar-refractivity contribution is -0.137. The first-order valence-corrected chi connectivity index (χ1v) is 12.3. The number of amides is 1. The van der Waals surface area contributed by atoms with Gasteiger partial charge in [0, 0.05) is 18.8 Å². The monoisotopic (exact) mass is 445 g/mol. The molecule has 0 aliphatic carbocycles. The van der Waals surface area contributed by atoms with Gasteiger partial charge < -0.3 is 10.2 Å². The summed E-state index contributed by atoms with van der Waals surface area (Å²) in [5.41, 5.74) is 3.91. The molecule has 0 spiro atoms. The van der Waals surface area contributed by atoms with Crippen molar-refractivity contribution in [3.63, 3.8) is 0 Å². The van der Waals surface area contributed by atoms with Crippen molar-refractivity contribution in [3.05, 3.63) is 41.2 Å². The van der Waals surface area contributed by atoms with Gasteiger partial charge in [-0.05, 0) is 57.2 Å². The summed E-state index contributed by atoms with van der Waals surface area (Å²) in [5.74, 6) is 0.0967. The molecule has 31 heavy (non-hydrogen) atoms. The third kappa shape index (κ3) is 4.21. The average Bonchev–Trinajstić information content (AvgIpc) is 2.99. The van der Waals surface area contributed by atoms with Crippen molar-refractivity contribution < 1.29 is 13.2 Å². The van der Waals surface area contributed by atoms with Gasteiger partial charge in [-0.1, -0.05) is 19.1 Å². The SMILES string of the molecule is Cc1nn(CC(C)C(=O)N2CCC(C3Nc4ccccc4S(=O)(=O)N3)CC2)c(C)c1C. The number of nitrogens with one attached hydrogen (secondary N) is 2. The Morgan fingerprint density at radius 2 is 1.87 bits per heavy atom. The normalized spacial score (nSPS) is 21.9. The maximum Gasteiger partial charge on any atom is 0.244 e. The first-order valence-electron chi connectivity index (χ1n) is 10.8. The first kappa shape index (κ1) is 21.8. The van der Waals surface area contributed by atoms with Crippen molar-refractivity contribution in [1.29, 1.82) is 0 Å². The smallest absolute Gasteiger partial charge is 0.244 e. The zero-order valence-corrected chi connectivity index (χ0v) is 19.4. The third-order valence-corrected chi connectivity index (χ3v) is 8.20. The number of para-hydroxylation sites is 1. The predicted molar refractivity (Wildman–Crippen MR) is 119 cm³/mol. The first-order chi connectivity index (χ1) is 14.7. The van der Waals surface area contributed by atoms with Gasteiger partial charge in [0.1, 0.15) is 4.90 Å². The van der Waals surface area contributed by atoms with Gasteiger partial charge in [-0.3, -0.25) is 9.48 Å². The van der Waals surface area contributed by atoms with Gasteiger partial charge in [0.2, 0.25) is 15.9 Å². The average molecular weight is 446 g/mol. The molecule has 0 saturated carbocycles. The van der Waals surface area contributed by atoms with E-state index in [0.717, 1.165) is 24.2 Å². The number of benzene rings is 1. The van der Waals surface area contributed by atoms with E-state index in [1.165, 1.54) is 5.56 Å². The topological polar surface area (TPSA) is 96.3 Å². The maximum absolute atomic E-state index is 13.0. The number of carbonyl (C=O) groups excluding carboxylic acids is 1. The number of anilines is 1. The number of piperidine rings is 1. The number of hydrogen-bond donors (Lipinski definition) is 2. The molecule has 1 amide bonds. The van der Waals surface area contributed by atoms with Crippen LogP contribution in [-0.4, -0.2) is 48.3 Å². The van der Waals surface area contributed by atoms with Gasteiger partial charge in [-0.15, -0.1) is 0 Å². The minimum Gasteiger partial charge on any atom is -0.368 e. The Bertz CT molecular complexity index is 1090. The minimum atomic E-state index is -3.53. The maximum atomic E-state index is 13.0. The molecule has 8 nitrogen and oxygen atoms in total. The zero-order valence-electron chi connectivity index (χ0n) is 18.6. The summed E-state index contributed by atoms with van der Waals surface area (Å²) in [6.45, 7) is 9.86. The van der Waals surface area contributed by atoms with E-state index in [4.69, 9.17) is 0 Å². The number of aromatic nitrogens is 2. The van der Waals surface area contributed by atoms with Crippen LogP contribution in [0.1, 0.15) is 36.7 Å². The van der Waals surface area contributed by atoms with E-state index in [2.05, 4.69) is 22.1 Å². The van der Waals surface area contributed by atoms with E-state index in [9.17, 15) is 13.2 Å². The highest BCUT2D eigenvalue weighted by Gasteiger charge is 2.36. The summed E-state index contributed by atoms with van der Waals surface area (Å²) in [6.07, 6.45) is 1.15. The molecule has 4 rings (SSSR count). The molecule has 2 aromatic rings. The van der Waals surface area contributed by atoms with E-state index in [-0.39, 0.29) is 28.8 Å². The molecule has 2 atom stereocenters. The summed E-state index contributed by atoms with van der Waals surface area (Å²) in [5, 5.41) is 7.89. The van der Waals surface area contributed by atoms with E-state index < -0.39 is 10.0 Å². The Labute approximate surface area is 184 Å². The molecule has 0 bridgehead atoms. The second kappa shape index (κ2) is 8.27. The molecular weight excluding hydrogens is 414 g/mol. The quantitative estimate of drug-likeness (QED) is 0.753. The lowest BCUT2D eigenvalue weighted by Gasteiger charge is -2.39. The van der Waals surface area contributed by atoms with Gasteiger partial charge in [0.25, 0.3) is 0 Å². The molecule has 168 valence electrons. The fourth-order valence-electron chi connectivity index (χ4n) is 4.53. The van der Waals surface area contributed by atoms with Crippen LogP contribution in [0.3, 0.4) is 0 Å². The number of hydrogen-bond acceptors (Lipinski definition) is 5. The number of likely N-dealkylation sites (tertiary alicyclic amines) is 1. The number of sulfonamides is 1. The summed E-state index contributed by atoms with van der Waals surface area (Å²) >= 11 is 0. The molecule has 9 heteroatoms. The predicted octanol–water partition coefficient (Wildman–Crippen LogP) is 2.41. The second-order valence-electron chi connectivity index (χ2n) is 8.78. The molecule has 2 unspecified atom stereocenters. The van der Waals surface area contributed by atoms with Crippen LogP contribution in [0.25, 0.3) is 0 Å². The molecule has 1 fully saturated rings. The highest BCUT2D eigenvalue weighted by molar-refractivity contribution is 7.89. The van der Waals surface area contributed by atoms with E-state index in [1.807, 2.05) is 36.4 Å². The molecular formula is C22H31N5O3S. The minimum absolute atomic E-state index is 0.126. The van der Waals surface area contributed by atoms with Crippen LogP contribution in [0.4, 0.5) is 5.69 Å². The molecule has 1 aromatic carbocycles. The van der Waals surface area contributed by atoms with E-state index in [0.29, 0.717) is 25.3 Å². The summed E-state index contributed by atoms with van der Waals surface area (Å²) in [7, 11) is -3.53. The summed E-state index contributed by atoms with van der Waals surface area (Å²) in [6, 6.07) is 6.95. The summed E-state index contributed by atoms with van der Waals surface area (Å²) < 4.78 is 29.9. The van der Waals surface area contributed by atoms with Gasteiger partial charge >= 0.3 is 0 Å². The van der Waals surface area contributed by atoms with Crippen molar-refractivity contribution in [2.75, 3.05) is 18.4 Å². The van der Waals surface area contributed by atoms with Crippen LogP contribution in [0.15, 0.2) is 29.2 Å². The van der Waals surface area contributed by atoms with Crippen molar-refractivity contribution >= 4 is 21.6 Å². The van der Waals surface area contributed by atoms with Crippen LogP contribution in [0.2, 0.25) is 0 Å². The number of nitrogens with zero attached hydrogens (tertiary/aromatic N) is 3.